The lowest BCUT2D eigenvalue weighted by Crippen LogP contribution is -2.35. The number of hydrogen-bond donors (Lipinski definition) is 2. The van der Waals surface area contributed by atoms with Crippen molar-refractivity contribution < 1.29 is 19.1 Å². The number of halogens is 2. The summed E-state index contributed by atoms with van der Waals surface area (Å²) in [7, 11) is 3.87. The number of aliphatic carboxylic acids is 1. The van der Waals surface area contributed by atoms with Crippen LogP contribution in [0.3, 0.4) is 0 Å². The minimum Gasteiger partial charge on any atom is -0.478 e. The minimum atomic E-state index is -1.10. The third-order valence-electron chi connectivity index (χ3n) is 4.30. The number of furan rings is 1. The molecule has 0 radical (unpaired) electrons. The molecule has 2 N–H and O–H groups in total. The van der Waals surface area contributed by atoms with Crippen molar-refractivity contribution in [3.8, 4) is 0 Å². The number of aliphatic imine (C=N–C) groups is 1. The van der Waals surface area contributed by atoms with E-state index < -0.39 is 12.0 Å². The van der Waals surface area contributed by atoms with Gasteiger partial charge in [-0.05, 0) is 43.9 Å². The van der Waals surface area contributed by atoms with Crippen LogP contribution in [0.15, 0.2) is 57.3 Å². The van der Waals surface area contributed by atoms with Gasteiger partial charge >= 0.3 is 5.97 Å². The summed E-state index contributed by atoms with van der Waals surface area (Å²) in [5.74, 6) is -0.186. The number of rotatable bonds is 8. The van der Waals surface area contributed by atoms with Crippen LogP contribution in [-0.4, -0.2) is 55.7 Å². The summed E-state index contributed by atoms with van der Waals surface area (Å²) in [5.41, 5.74) is 1.10. The Morgan fingerprint density at radius 2 is 2.10 bits per heavy atom. The molecule has 154 valence electrons. The number of benzene rings is 1. The molecule has 1 aliphatic heterocycles. The largest absolute Gasteiger partial charge is 0.478 e. The number of carboxylic acid groups (broad SMARTS) is 1. The van der Waals surface area contributed by atoms with Gasteiger partial charge in [-0.3, -0.25) is 4.99 Å². The maximum absolute atomic E-state index is 12.1. The Labute approximate surface area is 178 Å². The number of nitrogens with zero attached hydrogens (tertiary/aromatic N) is 2. The molecule has 9 heteroatoms. The lowest BCUT2D eigenvalue weighted by atomic mass is 9.95. The van der Waals surface area contributed by atoms with Crippen LogP contribution in [0.4, 0.5) is 0 Å². The smallest absolute Gasteiger partial charge is 0.335 e. The summed E-state index contributed by atoms with van der Waals surface area (Å²) >= 11 is 12.2. The Bertz CT molecular complexity index is 939. The highest BCUT2D eigenvalue weighted by molar-refractivity contribution is 6.42. The van der Waals surface area contributed by atoms with E-state index in [1.165, 1.54) is 6.26 Å². The molecule has 2 aromatic rings. The van der Waals surface area contributed by atoms with Gasteiger partial charge in [-0.2, -0.15) is 0 Å². The standard InChI is InChI=1S/C20H21Cl2N3O4/c1-25(2)7-9-28-11-15-17(20(26)27)18(12-5-6-13(21)14(22)10-12)24-19(23-15)16-4-3-8-29-16/h3-6,8,10,18H,7,9,11H2,1-2H3,(H,23,24)(H,26,27). The second-order valence-electron chi connectivity index (χ2n) is 6.71. The number of likely N-dealkylation sites (N-methyl/N-ethyl adjacent to an activating group) is 1. The quantitative estimate of drug-likeness (QED) is 0.613. The van der Waals surface area contributed by atoms with Crippen LogP contribution in [0.1, 0.15) is 17.4 Å². The average Bonchev–Trinajstić information content (AvgIpc) is 3.21. The number of hydrogen-bond acceptors (Lipinski definition) is 6. The zero-order valence-electron chi connectivity index (χ0n) is 16.0. The van der Waals surface area contributed by atoms with Crippen LogP contribution < -0.4 is 5.32 Å². The van der Waals surface area contributed by atoms with Gasteiger partial charge in [-0.15, -0.1) is 0 Å². The topological polar surface area (TPSA) is 87.3 Å². The maximum atomic E-state index is 12.1. The molecular formula is C20H21Cl2N3O4. The van der Waals surface area contributed by atoms with Crippen molar-refractivity contribution in [3.63, 3.8) is 0 Å². The lowest BCUT2D eigenvalue weighted by molar-refractivity contribution is -0.133. The molecule has 1 aromatic heterocycles. The monoisotopic (exact) mass is 437 g/mol. The first-order valence-electron chi connectivity index (χ1n) is 8.89. The summed E-state index contributed by atoms with van der Waals surface area (Å²) in [5, 5.41) is 13.7. The molecule has 0 spiro atoms. The third kappa shape index (κ3) is 5.19. The molecular weight excluding hydrogens is 417 g/mol. The molecule has 0 saturated carbocycles. The third-order valence-corrected chi connectivity index (χ3v) is 5.04. The second-order valence-corrected chi connectivity index (χ2v) is 7.52. The molecule has 1 aliphatic rings. The molecule has 1 atom stereocenters. The first-order valence-corrected chi connectivity index (χ1v) is 9.65. The SMILES string of the molecule is CN(C)CCOCC1=C(C(=O)O)C(c2ccc(Cl)c(Cl)c2)N=C(c2ccco2)N1. The Hall–Kier alpha value is -2.32. The van der Waals surface area contributed by atoms with Crippen molar-refractivity contribution in [2.45, 2.75) is 6.04 Å². The van der Waals surface area contributed by atoms with E-state index in [0.29, 0.717) is 46.1 Å². The summed E-state index contributed by atoms with van der Waals surface area (Å²) < 4.78 is 11.1. The van der Waals surface area contributed by atoms with Crippen LogP contribution in [0.5, 0.6) is 0 Å². The fourth-order valence-electron chi connectivity index (χ4n) is 2.84. The zero-order valence-corrected chi connectivity index (χ0v) is 17.5. The van der Waals surface area contributed by atoms with Gasteiger partial charge in [0.1, 0.15) is 6.04 Å². The Morgan fingerprint density at radius 3 is 2.72 bits per heavy atom. The predicted molar refractivity (Wildman–Crippen MR) is 112 cm³/mol. The van der Waals surface area contributed by atoms with E-state index in [2.05, 4.69) is 10.3 Å². The molecule has 2 heterocycles. The summed E-state index contributed by atoms with van der Waals surface area (Å²) in [6.45, 7) is 1.26. The van der Waals surface area contributed by atoms with Gasteiger partial charge in [0, 0.05) is 6.54 Å². The first-order chi connectivity index (χ1) is 13.9. The Balaban J connectivity index is 1.99. The molecule has 0 aliphatic carbocycles. The van der Waals surface area contributed by atoms with Crippen LogP contribution in [0.25, 0.3) is 0 Å². The van der Waals surface area contributed by atoms with Gasteiger partial charge in [-0.1, -0.05) is 29.3 Å². The summed E-state index contributed by atoms with van der Waals surface area (Å²) in [4.78, 5) is 18.7. The van der Waals surface area contributed by atoms with E-state index in [4.69, 9.17) is 32.4 Å². The van der Waals surface area contributed by atoms with Crippen molar-refractivity contribution in [2.75, 3.05) is 33.9 Å². The van der Waals surface area contributed by atoms with Crippen molar-refractivity contribution >= 4 is 35.0 Å². The fraction of sp³-hybridized carbons (Fsp3) is 0.300. The minimum absolute atomic E-state index is 0.0866. The molecule has 0 saturated heterocycles. The highest BCUT2D eigenvalue weighted by Gasteiger charge is 2.32. The lowest BCUT2D eigenvalue weighted by Gasteiger charge is -2.26. The Morgan fingerprint density at radius 1 is 1.31 bits per heavy atom. The molecule has 0 amide bonds. The summed E-state index contributed by atoms with van der Waals surface area (Å²) in [6.07, 6.45) is 1.53. The van der Waals surface area contributed by atoms with E-state index in [-0.39, 0.29) is 12.2 Å². The predicted octanol–water partition coefficient (Wildman–Crippen LogP) is 3.59. The van der Waals surface area contributed by atoms with Gasteiger partial charge in [0.15, 0.2) is 11.6 Å². The highest BCUT2D eigenvalue weighted by Crippen LogP contribution is 2.35. The number of nitrogens with one attached hydrogen (secondary N) is 1. The van der Waals surface area contributed by atoms with E-state index in [1.54, 1.807) is 30.3 Å². The number of amidine groups is 1. The number of carboxylic acids is 1. The van der Waals surface area contributed by atoms with Crippen molar-refractivity contribution in [2.24, 2.45) is 4.99 Å². The van der Waals surface area contributed by atoms with E-state index in [9.17, 15) is 9.90 Å². The molecule has 0 fully saturated rings. The maximum Gasteiger partial charge on any atom is 0.335 e. The van der Waals surface area contributed by atoms with Crippen molar-refractivity contribution in [1.82, 2.24) is 10.2 Å². The van der Waals surface area contributed by atoms with Crippen molar-refractivity contribution in [1.29, 1.82) is 0 Å². The van der Waals surface area contributed by atoms with Crippen LogP contribution in [-0.2, 0) is 9.53 Å². The van der Waals surface area contributed by atoms with Crippen LogP contribution in [0, 0.1) is 0 Å². The van der Waals surface area contributed by atoms with E-state index in [1.807, 2.05) is 19.0 Å². The molecule has 0 bridgehead atoms. The van der Waals surface area contributed by atoms with E-state index >= 15 is 0 Å². The van der Waals surface area contributed by atoms with Gasteiger partial charge < -0.3 is 24.5 Å². The fourth-order valence-corrected chi connectivity index (χ4v) is 3.15. The average molecular weight is 438 g/mol. The van der Waals surface area contributed by atoms with Gasteiger partial charge in [-0.25, -0.2) is 4.79 Å². The highest BCUT2D eigenvalue weighted by atomic mass is 35.5. The van der Waals surface area contributed by atoms with Gasteiger partial charge in [0.05, 0.1) is 40.8 Å². The van der Waals surface area contributed by atoms with Crippen LogP contribution >= 0.6 is 23.2 Å². The second kappa shape index (κ2) is 9.45. The number of ether oxygens (including phenoxy) is 1. The molecule has 1 unspecified atom stereocenters. The Kier molecular flexibility index (Phi) is 6.97. The van der Waals surface area contributed by atoms with E-state index in [0.717, 1.165) is 0 Å². The number of carbonyl (C=O) groups is 1. The normalized spacial score (nSPS) is 16.7. The van der Waals surface area contributed by atoms with Crippen LogP contribution in [0.2, 0.25) is 10.0 Å². The van der Waals surface area contributed by atoms with Gasteiger partial charge in [0.25, 0.3) is 0 Å². The zero-order chi connectivity index (χ0) is 21.0. The molecule has 7 nitrogen and oxygen atoms in total. The van der Waals surface area contributed by atoms with Gasteiger partial charge in [0.2, 0.25) is 0 Å². The molecule has 29 heavy (non-hydrogen) atoms. The first kappa shape index (κ1) is 21.4. The molecule has 1 aromatic carbocycles. The summed E-state index contributed by atoms with van der Waals surface area (Å²) in [6, 6.07) is 7.63. The van der Waals surface area contributed by atoms with Crippen molar-refractivity contribution in [3.05, 3.63) is 69.2 Å². The molecule has 3 rings (SSSR count).